The summed E-state index contributed by atoms with van der Waals surface area (Å²) in [5, 5.41) is 11.4. The summed E-state index contributed by atoms with van der Waals surface area (Å²) in [5.41, 5.74) is 4.08. The Morgan fingerprint density at radius 1 is 1.09 bits per heavy atom. The molecule has 1 amide bonds. The molecule has 3 heterocycles. The van der Waals surface area contributed by atoms with Gasteiger partial charge in [0, 0.05) is 12.4 Å². The maximum Gasteiger partial charge on any atom is 0.374 e. The van der Waals surface area contributed by atoms with Crippen molar-refractivity contribution < 1.29 is 18.7 Å². The van der Waals surface area contributed by atoms with Gasteiger partial charge < -0.3 is 14.5 Å². The van der Waals surface area contributed by atoms with Crippen LogP contribution in [0.5, 0.6) is 0 Å². The summed E-state index contributed by atoms with van der Waals surface area (Å²) in [6.45, 7) is 5.64. The Kier molecular flexibility index (Phi) is 5.89. The van der Waals surface area contributed by atoms with E-state index in [0.717, 1.165) is 16.9 Å². The van der Waals surface area contributed by atoms with Crippen LogP contribution in [0.1, 0.15) is 33.3 Å². The monoisotopic (exact) mass is 433 g/mol. The highest BCUT2D eigenvalue weighted by Crippen LogP contribution is 2.23. The van der Waals surface area contributed by atoms with E-state index in [1.54, 1.807) is 33.9 Å². The number of benzene rings is 1. The second kappa shape index (κ2) is 8.93. The zero-order valence-electron chi connectivity index (χ0n) is 18.0. The number of carbonyl (C=O) groups excluding carboxylic acids is 2. The molecule has 9 heteroatoms. The van der Waals surface area contributed by atoms with Gasteiger partial charge in [0.1, 0.15) is 5.76 Å². The average molecular weight is 433 g/mol. The third-order valence-electron chi connectivity index (χ3n) is 4.91. The number of aryl methyl sites for hydroxylation is 2. The van der Waals surface area contributed by atoms with Crippen LogP contribution in [0.4, 0.5) is 5.69 Å². The molecule has 4 rings (SSSR count). The van der Waals surface area contributed by atoms with Gasteiger partial charge >= 0.3 is 5.97 Å². The van der Waals surface area contributed by atoms with Gasteiger partial charge in [0.15, 0.2) is 6.61 Å². The van der Waals surface area contributed by atoms with Crippen LogP contribution in [0.15, 0.2) is 59.3 Å². The molecule has 0 saturated heterocycles. The molecule has 3 aromatic heterocycles. The SMILES string of the molecule is Cc1ccc(-n2nc(C)c(NC(=O)COC(=O)c3ccc(Cn4cccn4)o3)c2C)cc1. The minimum absolute atomic E-state index is 0.0273. The van der Waals surface area contributed by atoms with Gasteiger partial charge in [0.25, 0.3) is 5.91 Å². The molecule has 164 valence electrons. The highest BCUT2D eigenvalue weighted by molar-refractivity contribution is 5.95. The molecule has 0 aliphatic carbocycles. The van der Waals surface area contributed by atoms with Crippen molar-refractivity contribution in [2.24, 2.45) is 0 Å². The van der Waals surface area contributed by atoms with Gasteiger partial charge in [-0.25, -0.2) is 9.48 Å². The molecular weight excluding hydrogens is 410 g/mol. The number of nitrogens with one attached hydrogen (secondary N) is 1. The molecule has 0 aliphatic heterocycles. The normalized spacial score (nSPS) is 10.8. The lowest BCUT2D eigenvalue weighted by Gasteiger charge is -2.08. The molecule has 0 aliphatic rings. The number of carbonyl (C=O) groups is 2. The smallest absolute Gasteiger partial charge is 0.374 e. The van der Waals surface area contributed by atoms with E-state index >= 15 is 0 Å². The molecule has 32 heavy (non-hydrogen) atoms. The molecule has 4 aromatic rings. The van der Waals surface area contributed by atoms with Gasteiger partial charge in [-0.05, 0) is 51.1 Å². The molecule has 0 unspecified atom stereocenters. The zero-order chi connectivity index (χ0) is 22.7. The molecule has 0 saturated carbocycles. The standard InChI is InChI=1S/C23H23N5O4/c1-15-5-7-18(8-6-15)28-17(3)22(16(2)26-28)25-21(29)14-31-23(30)20-10-9-19(32-20)13-27-12-4-11-24-27/h4-12H,13-14H2,1-3H3,(H,25,29). The first-order valence-electron chi connectivity index (χ1n) is 10.1. The number of nitrogens with zero attached hydrogens (tertiary/aromatic N) is 4. The molecule has 0 fully saturated rings. The Bertz CT molecular complexity index is 1240. The van der Waals surface area contributed by atoms with Crippen molar-refractivity contribution in [2.45, 2.75) is 27.3 Å². The number of esters is 1. The number of hydrogen-bond acceptors (Lipinski definition) is 6. The van der Waals surface area contributed by atoms with Gasteiger partial charge in [0.2, 0.25) is 5.76 Å². The third kappa shape index (κ3) is 4.61. The van der Waals surface area contributed by atoms with E-state index in [0.29, 0.717) is 23.7 Å². The summed E-state index contributed by atoms with van der Waals surface area (Å²) >= 11 is 0. The van der Waals surface area contributed by atoms with Crippen molar-refractivity contribution in [3.05, 3.63) is 83.3 Å². The van der Waals surface area contributed by atoms with Gasteiger partial charge in [-0.2, -0.15) is 10.2 Å². The minimum atomic E-state index is -0.712. The van der Waals surface area contributed by atoms with Crippen LogP contribution in [0.3, 0.4) is 0 Å². The van der Waals surface area contributed by atoms with Gasteiger partial charge in [0.05, 0.1) is 29.3 Å². The summed E-state index contributed by atoms with van der Waals surface area (Å²) in [5.74, 6) is -0.591. The van der Waals surface area contributed by atoms with Gasteiger partial charge in [-0.1, -0.05) is 17.7 Å². The topological polar surface area (TPSA) is 104 Å². The van der Waals surface area contributed by atoms with Crippen molar-refractivity contribution in [2.75, 3.05) is 11.9 Å². The lowest BCUT2D eigenvalue weighted by molar-refractivity contribution is -0.119. The van der Waals surface area contributed by atoms with Gasteiger partial charge in [-0.15, -0.1) is 0 Å². The van der Waals surface area contributed by atoms with Crippen molar-refractivity contribution >= 4 is 17.6 Å². The Hall–Kier alpha value is -4.14. The van der Waals surface area contributed by atoms with Crippen molar-refractivity contribution in [1.82, 2.24) is 19.6 Å². The fraction of sp³-hybridized carbons (Fsp3) is 0.217. The molecule has 9 nitrogen and oxygen atoms in total. The third-order valence-corrected chi connectivity index (χ3v) is 4.91. The van der Waals surface area contributed by atoms with E-state index in [1.807, 2.05) is 45.0 Å². The summed E-state index contributed by atoms with van der Waals surface area (Å²) in [7, 11) is 0. The van der Waals surface area contributed by atoms with E-state index in [9.17, 15) is 9.59 Å². The Morgan fingerprint density at radius 2 is 1.88 bits per heavy atom. The number of amides is 1. The van der Waals surface area contributed by atoms with Crippen molar-refractivity contribution in [1.29, 1.82) is 0 Å². The number of furan rings is 1. The maximum absolute atomic E-state index is 12.4. The average Bonchev–Trinajstić information content (AvgIpc) is 3.51. The number of anilines is 1. The first kappa shape index (κ1) is 21.1. The van der Waals surface area contributed by atoms with Gasteiger partial charge in [-0.3, -0.25) is 9.48 Å². The summed E-state index contributed by atoms with van der Waals surface area (Å²) < 4.78 is 14.0. The highest BCUT2D eigenvalue weighted by atomic mass is 16.5. The van der Waals surface area contributed by atoms with Crippen LogP contribution in [-0.2, 0) is 16.1 Å². The molecule has 0 spiro atoms. The number of hydrogen-bond donors (Lipinski definition) is 1. The molecule has 0 bridgehead atoms. The van der Waals surface area contributed by atoms with Crippen LogP contribution >= 0.6 is 0 Å². The number of rotatable bonds is 7. The Balaban J connectivity index is 1.35. The maximum atomic E-state index is 12.4. The summed E-state index contributed by atoms with van der Waals surface area (Å²) in [6.07, 6.45) is 3.44. The lowest BCUT2D eigenvalue weighted by Crippen LogP contribution is -2.21. The Morgan fingerprint density at radius 3 is 2.59 bits per heavy atom. The van der Waals surface area contributed by atoms with E-state index in [-0.39, 0.29) is 5.76 Å². The van der Waals surface area contributed by atoms with Crippen LogP contribution in [0, 0.1) is 20.8 Å². The molecule has 0 atom stereocenters. The van der Waals surface area contributed by atoms with Crippen molar-refractivity contribution in [3.8, 4) is 5.69 Å². The second-order valence-corrected chi connectivity index (χ2v) is 7.39. The van der Waals surface area contributed by atoms with Crippen LogP contribution < -0.4 is 5.32 Å². The van der Waals surface area contributed by atoms with Crippen LogP contribution in [-0.4, -0.2) is 38.0 Å². The van der Waals surface area contributed by atoms with E-state index in [2.05, 4.69) is 15.5 Å². The van der Waals surface area contributed by atoms with E-state index in [4.69, 9.17) is 9.15 Å². The molecule has 1 N–H and O–H groups in total. The largest absolute Gasteiger partial charge is 0.452 e. The van der Waals surface area contributed by atoms with Crippen LogP contribution in [0.2, 0.25) is 0 Å². The quantitative estimate of drug-likeness (QED) is 0.448. The highest BCUT2D eigenvalue weighted by Gasteiger charge is 2.18. The number of ether oxygens (including phenoxy) is 1. The molecule has 1 aromatic carbocycles. The molecule has 0 radical (unpaired) electrons. The minimum Gasteiger partial charge on any atom is -0.452 e. The molecular formula is C23H23N5O4. The summed E-state index contributed by atoms with van der Waals surface area (Å²) in [6, 6.07) is 12.9. The first-order chi connectivity index (χ1) is 15.4. The zero-order valence-corrected chi connectivity index (χ0v) is 18.0. The first-order valence-corrected chi connectivity index (χ1v) is 10.1. The fourth-order valence-corrected chi connectivity index (χ4v) is 3.26. The van der Waals surface area contributed by atoms with E-state index in [1.165, 1.54) is 6.07 Å². The summed E-state index contributed by atoms with van der Waals surface area (Å²) in [4.78, 5) is 24.6. The van der Waals surface area contributed by atoms with Crippen LogP contribution in [0.25, 0.3) is 5.69 Å². The fourth-order valence-electron chi connectivity index (χ4n) is 3.26. The van der Waals surface area contributed by atoms with Crippen molar-refractivity contribution in [3.63, 3.8) is 0 Å². The Labute approximate surface area is 184 Å². The van der Waals surface area contributed by atoms with E-state index < -0.39 is 18.5 Å². The lowest BCUT2D eigenvalue weighted by atomic mass is 10.2. The number of aromatic nitrogens is 4. The predicted octanol–water partition coefficient (Wildman–Crippen LogP) is 3.43. The second-order valence-electron chi connectivity index (χ2n) is 7.39. The predicted molar refractivity (Wildman–Crippen MR) is 117 cm³/mol.